The molecule has 0 saturated carbocycles. The van der Waals surface area contributed by atoms with Crippen LogP contribution in [0.5, 0.6) is 0 Å². The van der Waals surface area contributed by atoms with Gasteiger partial charge in [0.25, 0.3) is 5.56 Å². The summed E-state index contributed by atoms with van der Waals surface area (Å²) in [5.41, 5.74) is -1.71. The largest absolute Gasteiger partial charge is 0.405 e. The average molecular weight is 397 g/mol. The number of hydrogen-bond donors (Lipinski definition) is 2. The summed E-state index contributed by atoms with van der Waals surface area (Å²) in [6.07, 6.45) is -4.64. The molecule has 0 aliphatic carbocycles. The Bertz CT molecular complexity index is 1010. The lowest BCUT2D eigenvalue weighted by Crippen LogP contribution is -2.44. The van der Waals surface area contributed by atoms with E-state index < -0.39 is 42.5 Å². The molecule has 26 heavy (non-hydrogen) atoms. The van der Waals surface area contributed by atoms with Crippen LogP contribution in [0.2, 0.25) is 5.28 Å². The van der Waals surface area contributed by atoms with Crippen LogP contribution >= 0.6 is 11.6 Å². The number of aryl methyl sites for hydroxylation is 1. The number of imide groups is 1. The van der Waals surface area contributed by atoms with Gasteiger partial charge in [0.05, 0.1) is 0 Å². The first kappa shape index (κ1) is 19.5. The van der Waals surface area contributed by atoms with Crippen molar-refractivity contribution in [3.63, 3.8) is 0 Å². The van der Waals surface area contributed by atoms with Crippen LogP contribution in [0.4, 0.5) is 18.0 Å². The van der Waals surface area contributed by atoms with Crippen LogP contribution in [0.25, 0.3) is 11.2 Å². The van der Waals surface area contributed by atoms with E-state index in [1.165, 1.54) is 19.4 Å². The molecule has 14 heteroatoms. The van der Waals surface area contributed by atoms with Gasteiger partial charge >= 0.3 is 17.9 Å². The highest BCUT2D eigenvalue weighted by Crippen LogP contribution is 2.15. The maximum atomic E-state index is 12.2. The minimum Gasteiger partial charge on any atom is -0.329 e. The van der Waals surface area contributed by atoms with Gasteiger partial charge in [0, 0.05) is 14.1 Å². The molecule has 3 amide bonds. The van der Waals surface area contributed by atoms with Crippen molar-refractivity contribution in [3.8, 4) is 0 Å². The molecular formula is C12H12ClF3N6O4. The van der Waals surface area contributed by atoms with E-state index in [2.05, 4.69) is 4.98 Å². The Morgan fingerprint density at radius 2 is 1.81 bits per heavy atom. The predicted molar refractivity (Wildman–Crippen MR) is 82.8 cm³/mol. The van der Waals surface area contributed by atoms with E-state index >= 15 is 0 Å². The number of nitrogens with one attached hydrogen (secondary N) is 2. The lowest BCUT2D eigenvalue weighted by Gasteiger charge is -2.10. The lowest BCUT2D eigenvalue weighted by molar-refractivity contribution is -0.124. The van der Waals surface area contributed by atoms with Crippen LogP contribution < -0.4 is 21.9 Å². The Balaban J connectivity index is 2.28. The van der Waals surface area contributed by atoms with Crippen LogP contribution in [-0.4, -0.2) is 43.3 Å². The Kier molecular flexibility index (Phi) is 5.11. The number of fused-ring (bicyclic) bond motifs is 1. The van der Waals surface area contributed by atoms with Gasteiger partial charge in [-0.05, 0) is 11.6 Å². The molecule has 2 heterocycles. The highest BCUT2D eigenvalue weighted by molar-refractivity contribution is 6.29. The number of urea groups is 1. The number of rotatable bonds is 3. The van der Waals surface area contributed by atoms with Crippen LogP contribution in [0.3, 0.4) is 0 Å². The molecule has 0 spiro atoms. The summed E-state index contributed by atoms with van der Waals surface area (Å²) in [5.74, 6) is -1.04. The van der Waals surface area contributed by atoms with Crippen LogP contribution in [-0.2, 0) is 25.4 Å². The summed E-state index contributed by atoms with van der Waals surface area (Å²) in [6, 6.07) is -1.37. The third-order valence-electron chi connectivity index (χ3n) is 3.31. The number of halogens is 4. The van der Waals surface area contributed by atoms with Crippen molar-refractivity contribution < 1.29 is 22.8 Å². The van der Waals surface area contributed by atoms with E-state index in [-0.39, 0.29) is 16.4 Å². The second-order valence-electron chi connectivity index (χ2n) is 5.19. The van der Waals surface area contributed by atoms with Gasteiger partial charge in [-0.15, -0.1) is 0 Å². The van der Waals surface area contributed by atoms with Crippen molar-refractivity contribution in [2.24, 2.45) is 14.1 Å². The molecule has 0 aliphatic rings. The molecule has 0 bridgehead atoms. The fraction of sp³-hybridized carbons (Fsp3) is 0.417. The Hall–Kier alpha value is -2.83. The van der Waals surface area contributed by atoms with E-state index in [0.717, 1.165) is 13.7 Å². The topological polar surface area (TPSA) is 120 Å². The summed E-state index contributed by atoms with van der Waals surface area (Å²) in [4.78, 5) is 51.1. The highest BCUT2D eigenvalue weighted by atomic mass is 35.5. The van der Waals surface area contributed by atoms with Gasteiger partial charge in [0.1, 0.15) is 13.1 Å². The first-order valence-electron chi connectivity index (χ1n) is 6.88. The molecule has 2 aromatic rings. The predicted octanol–water partition coefficient (Wildman–Crippen LogP) is -0.525. The normalized spacial score (nSPS) is 11.6. The summed E-state index contributed by atoms with van der Waals surface area (Å²) >= 11 is 5.88. The van der Waals surface area contributed by atoms with Crippen molar-refractivity contribution in [1.29, 1.82) is 0 Å². The lowest BCUT2D eigenvalue weighted by atomic mass is 10.4. The SMILES string of the molecule is Cn1c(=O)c2c(nc(Cl)n2CC(=O)NC(=O)NCC(F)(F)F)n(C)c1=O. The second kappa shape index (κ2) is 6.82. The molecule has 142 valence electrons. The smallest absolute Gasteiger partial charge is 0.329 e. The van der Waals surface area contributed by atoms with Gasteiger partial charge in [-0.25, -0.2) is 9.59 Å². The third-order valence-corrected chi connectivity index (χ3v) is 3.59. The van der Waals surface area contributed by atoms with Crippen LogP contribution in [0, 0.1) is 0 Å². The van der Waals surface area contributed by atoms with Gasteiger partial charge in [-0.3, -0.25) is 28.6 Å². The summed E-state index contributed by atoms with van der Waals surface area (Å²) in [6.45, 7) is -2.30. The van der Waals surface area contributed by atoms with E-state index in [4.69, 9.17) is 11.6 Å². The molecule has 0 radical (unpaired) electrons. The van der Waals surface area contributed by atoms with Crippen LogP contribution in [0.1, 0.15) is 0 Å². The Labute approximate surface area is 147 Å². The van der Waals surface area contributed by atoms with Gasteiger partial charge in [0.2, 0.25) is 11.2 Å². The van der Waals surface area contributed by atoms with Crippen molar-refractivity contribution in [3.05, 3.63) is 26.1 Å². The standard InChI is InChI=1S/C12H12ClF3N6O4/c1-20-7-6(8(24)21(2)11(20)26)22(9(13)19-7)3-5(23)18-10(25)17-4-12(14,15)16/h3-4H2,1-2H3,(H2,17,18,23,25). The molecule has 0 saturated heterocycles. The molecule has 0 aromatic carbocycles. The number of carbonyl (C=O) groups is 2. The summed E-state index contributed by atoms with van der Waals surface area (Å²) in [7, 11) is 2.54. The number of nitrogens with zero attached hydrogens (tertiary/aromatic N) is 4. The molecular weight excluding hydrogens is 385 g/mol. The second-order valence-corrected chi connectivity index (χ2v) is 5.53. The number of hydrogen-bond acceptors (Lipinski definition) is 5. The zero-order valence-corrected chi connectivity index (χ0v) is 14.1. The minimum atomic E-state index is -4.64. The number of aromatic nitrogens is 4. The van der Waals surface area contributed by atoms with E-state index in [1.807, 2.05) is 0 Å². The fourth-order valence-electron chi connectivity index (χ4n) is 2.10. The minimum absolute atomic E-state index is 0.0857. The third kappa shape index (κ3) is 3.87. The molecule has 2 aromatic heterocycles. The molecule has 0 fully saturated rings. The number of carbonyl (C=O) groups excluding carboxylic acids is 2. The molecule has 0 aliphatic heterocycles. The summed E-state index contributed by atoms with van der Waals surface area (Å²) < 4.78 is 38.8. The monoisotopic (exact) mass is 396 g/mol. The molecule has 2 N–H and O–H groups in total. The molecule has 10 nitrogen and oxygen atoms in total. The quantitative estimate of drug-likeness (QED) is 0.676. The van der Waals surface area contributed by atoms with Gasteiger partial charge in [0.15, 0.2) is 11.2 Å². The van der Waals surface area contributed by atoms with E-state index in [9.17, 15) is 32.3 Å². The maximum Gasteiger partial charge on any atom is 0.405 e. The van der Waals surface area contributed by atoms with E-state index in [0.29, 0.717) is 0 Å². The Morgan fingerprint density at radius 3 is 2.38 bits per heavy atom. The molecule has 0 atom stereocenters. The highest BCUT2D eigenvalue weighted by Gasteiger charge is 2.28. The van der Waals surface area contributed by atoms with Gasteiger partial charge in [-0.2, -0.15) is 18.2 Å². The van der Waals surface area contributed by atoms with Crippen molar-refractivity contribution in [2.75, 3.05) is 6.54 Å². The van der Waals surface area contributed by atoms with E-state index in [1.54, 1.807) is 5.32 Å². The van der Waals surface area contributed by atoms with Crippen molar-refractivity contribution in [2.45, 2.75) is 12.7 Å². The molecule has 2 rings (SSSR count). The average Bonchev–Trinajstić information content (AvgIpc) is 2.85. The number of imidazole rings is 1. The van der Waals surface area contributed by atoms with Gasteiger partial charge in [-0.1, -0.05) is 0 Å². The van der Waals surface area contributed by atoms with Gasteiger partial charge < -0.3 is 5.32 Å². The summed E-state index contributed by atoms with van der Waals surface area (Å²) in [5, 5.41) is 2.81. The zero-order chi connectivity index (χ0) is 19.8. The number of alkyl halides is 3. The first-order valence-corrected chi connectivity index (χ1v) is 7.26. The molecule has 0 unspecified atom stereocenters. The number of amides is 3. The zero-order valence-electron chi connectivity index (χ0n) is 13.3. The Morgan fingerprint density at radius 1 is 1.19 bits per heavy atom. The fourth-order valence-corrected chi connectivity index (χ4v) is 2.32. The van der Waals surface area contributed by atoms with Crippen molar-refractivity contribution in [1.82, 2.24) is 29.3 Å². The van der Waals surface area contributed by atoms with Crippen molar-refractivity contribution >= 4 is 34.7 Å². The maximum absolute atomic E-state index is 12.2. The van der Waals surface area contributed by atoms with Crippen LogP contribution in [0.15, 0.2) is 9.59 Å². The first-order chi connectivity index (χ1) is 11.9.